The zero-order valence-corrected chi connectivity index (χ0v) is 13.8. The first kappa shape index (κ1) is 15.8. The highest BCUT2D eigenvalue weighted by Gasteiger charge is 2.10. The van der Waals surface area contributed by atoms with Crippen LogP contribution in [0.15, 0.2) is 41.1 Å². The minimum absolute atomic E-state index is 0.607. The summed E-state index contributed by atoms with van der Waals surface area (Å²) < 4.78 is 11.9. The van der Waals surface area contributed by atoms with Gasteiger partial charge in [-0.3, -0.25) is 4.98 Å². The second kappa shape index (κ2) is 8.00. The zero-order chi connectivity index (χ0) is 15.1. The normalized spacial score (nSPS) is 10.4. The highest BCUT2D eigenvalue weighted by Crippen LogP contribution is 2.36. The lowest BCUT2D eigenvalue weighted by molar-refractivity contribution is 0.309. The summed E-state index contributed by atoms with van der Waals surface area (Å²) in [7, 11) is 1.64. The Labute approximate surface area is 133 Å². The zero-order valence-electron chi connectivity index (χ0n) is 12.2. The van der Waals surface area contributed by atoms with Crippen LogP contribution in [-0.4, -0.2) is 18.7 Å². The molecule has 0 unspecified atom stereocenters. The van der Waals surface area contributed by atoms with Crippen LogP contribution in [0.3, 0.4) is 0 Å². The van der Waals surface area contributed by atoms with Gasteiger partial charge in [-0.1, -0.05) is 6.07 Å². The number of hydrogen-bond acceptors (Lipinski definition) is 4. The number of aromatic nitrogens is 1. The van der Waals surface area contributed by atoms with Crippen LogP contribution >= 0.6 is 15.9 Å². The molecule has 0 fully saturated rings. The van der Waals surface area contributed by atoms with Gasteiger partial charge in [0, 0.05) is 25.5 Å². The van der Waals surface area contributed by atoms with Crippen molar-refractivity contribution in [2.24, 2.45) is 0 Å². The summed E-state index contributed by atoms with van der Waals surface area (Å²) in [5.41, 5.74) is 2.30. The molecule has 2 aromatic rings. The number of hydrogen-bond donors (Lipinski definition) is 1. The summed E-state index contributed by atoms with van der Waals surface area (Å²) in [5.74, 6) is 1.49. The van der Waals surface area contributed by atoms with Crippen molar-refractivity contribution in [3.8, 4) is 11.5 Å². The molecule has 0 bridgehead atoms. The lowest BCUT2D eigenvalue weighted by Gasteiger charge is -2.13. The molecule has 2 rings (SSSR count). The fourth-order valence-corrected chi connectivity index (χ4v) is 2.69. The summed E-state index contributed by atoms with van der Waals surface area (Å²) in [5, 5.41) is 3.39. The van der Waals surface area contributed by atoms with Crippen molar-refractivity contribution < 1.29 is 9.47 Å². The highest BCUT2D eigenvalue weighted by atomic mass is 79.9. The number of halogens is 1. The Morgan fingerprint density at radius 2 is 2.05 bits per heavy atom. The molecule has 0 aliphatic rings. The maximum Gasteiger partial charge on any atom is 0.174 e. The van der Waals surface area contributed by atoms with Gasteiger partial charge < -0.3 is 14.8 Å². The lowest BCUT2D eigenvalue weighted by Crippen LogP contribution is -2.13. The standard InChI is InChI=1S/C16H19BrN2O2/c1-3-21-15-8-13(7-14(17)16(15)20-2)11-19-10-12-5-4-6-18-9-12/h4-9,19H,3,10-11H2,1-2H3. The molecular formula is C16H19BrN2O2. The Morgan fingerprint density at radius 3 is 2.71 bits per heavy atom. The van der Waals surface area contributed by atoms with Gasteiger partial charge in [-0.2, -0.15) is 0 Å². The van der Waals surface area contributed by atoms with Crippen molar-refractivity contribution >= 4 is 15.9 Å². The van der Waals surface area contributed by atoms with Gasteiger partial charge in [-0.05, 0) is 52.2 Å². The Balaban J connectivity index is 2.03. The van der Waals surface area contributed by atoms with Gasteiger partial charge in [-0.15, -0.1) is 0 Å². The number of rotatable bonds is 7. The molecule has 0 spiro atoms. The number of nitrogens with zero attached hydrogens (tertiary/aromatic N) is 1. The molecular weight excluding hydrogens is 332 g/mol. The van der Waals surface area contributed by atoms with Crippen LogP contribution in [0.4, 0.5) is 0 Å². The molecule has 1 aromatic carbocycles. The van der Waals surface area contributed by atoms with Crippen molar-refractivity contribution in [3.05, 3.63) is 52.3 Å². The van der Waals surface area contributed by atoms with Gasteiger partial charge in [0.25, 0.3) is 0 Å². The summed E-state index contributed by atoms with van der Waals surface area (Å²) >= 11 is 3.52. The van der Waals surface area contributed by atoms with E-state index in [1.54, 1.807) is 13.3 Å². The molecule has 1 N–H and O–H groups in total. The Bertz CT molecular complexity index is 576. The number of nitrogens with one attached hydrogen (secondary N) is 1. The lowest BCUT2D eigenvalue weighted by atomic mass is 10.2. The second-order valence-electron chi connectivity index (χ2n) is 4.51. The van der Waals surface area contributed by atoms with E-state index in [4.69, 9.17) is 9.47 Å². The summed E-state index contributed by atoms with van der Waals surface area (Å²) in [6.45, 7) is 4.09. The molecule has 0 atom stereocenters. The minimum atomic E-state index is 0.607. The number of pyridine rings is 1. The third-order valence-corrected chi connectivity index (χ3v) is 3.54. The van der Waals surface area contributed by atoms with E-state index in [1.807, 2.05) is 31.3 Å². The minimum Gasteiger partial charge on any atom is -0.492 e. The molecule has 0 amide bonds. The van der Waals surface area contributed by atoms with Crippen molar-refractivity contribution in [2.75, 3.05) is 13.7 Å². The molecule has 21 heavy (non-hydrogen) atoms. The predicted molar refractivity (Wildman–Crippen MR) is 86.6 cm³/mol. The molecule has 112 valence electrons. The van der Waals surface area contributed by atoms with E-state index in [9.17, 15) is 0 Å². The molecule has 1 aromatic heterocycles. The molecule has 5 heteroatoms. The summed E-state index contributed by atoms with van der Waals surface area (Å²) in [6, 6.07) is 8.03. The first-order valence-corrected chi connectivity index (χ1v) is 7.62. The molecule has 0 aliphatic heterocycles. The van der Waals surface area contributed by atoms with Crippen molar-refractivity contribution in [1.82, 2.24) is 10.3 Å². The number of benzene rings is 1. The molecule has 0 radical (unpaired) electrons. The van der Waals surface area contributed by atoms with Crippen LogP contribution in [0, 0.1) is 0 Å². The van der Waals surface area contributed by atoms with Gasteiger partial charge in [0.1, 0.15) is 0 Å². The average Bonchev–Trinajstić information content (AvgIpc) is 2.48. The fourth-order valence-electron chi connectivity index (χ4n) is 2.04. The van der Waals surface area contributed by atoms with Gasteiger partial charge >= 0.3 is 0 Å². The van der Waals surface area contributed by atoms with E-state index in [0.29, 0.717) is 6.61 Å². The van der Waals surface area contributed by atoms with Crippen LogP contribution in [0.5, 0.6) is 11.5 Å². The second-order valence-corrected chi connectivity index (χ2v) is 5.36. The molecule has 4 nitrogen and oxygen atoms in total. The Morgan fingerprint density at radius 1 is 1.24 bits per heavy atom. The van der Waals surface area contributed by atoms with Gasteiger partial charge in [-0.25, -0.2) is 0 Å². The van der Waals surface area contributed by atoms with Crippen LogP contribution in [0.1, 0.15) is 18.1 Å². The van der Waals surface area contributed by atoms with E-state index in [-0.39, 0.29) is 0 Å². The topological polar surface area (TPSA) is 43.4 Å². The SMILES string of the molecule is CCOc1cc(CNCc2cccnc2)cc(Br)c1OC. The molecule has 0 saturated heterocycles. The maximum atomic E-state index is 5.62. The summed E-state index contributed by atoms with van der Waals surface area (Å²) in [4.78, 5) is 4.10. The quantitative estimate of drug-likeness (QED) is 0.829. The first-order chi connectivity index (χ1) is 10.2. The fraction of sp³-hybridized carbons (Fsp3) is 0.312. The molecule has 1 heterocycles. The summed E-state index contributed by atoms with van der Waals surface area (Å²) in [6.07, 6.45) is 3.64. The monoisotopic (exact) mass is 350 g/mol. The third kappa shape index (κ3) is 4.44. The maximum absolute atomic E-state index is 5.62. The smallest absolute Gasteiger partial charge is 0.174 e. The number of methoxy groups -OCH3 is 1. The highest BCUT2D eigenvalue weighted by molar-refractivity contribution is 9.10. The first-order valence-electron chi connectivity index (χ1n) is 6.83. The van der Waals surface area contributed by atoms with E-state index in [0.717, 1.165) is 40.2 Å². The van der Waals surface area contributed by atoms with Gasteiger partial charge in [0.2, 0.25) is 0 Å². The van der Waals surface area contributed by atoms with Crippen molar-refractivity contribution in [2.45, 2.75) is 20.0 Å². The van der Waals surface area contributed by atoms with Crippen LogP contribution < -0.4 is 14.8 Å². The Kier molecular flexibility index (Phi) is 6.02. The van der Waals surface area contributed by atoms with E-state index in [2.05, 4.69) is 32.3 Å². The Hall–Kier alpha value is -1.59. The van der Waals surface area contributed by atoms with Crippen LogP contribution in [0.2, 0.25) is 0 Å². The van der Waals surface area contributed by atoms with Crippen molar-refractivity contribution in [3.63, 3.8) is 0 Å². The predicted octanol–water partition coefficient (Wildman–Crippen LogP) is 3.54. The van der Waals surface area contributed by atoms with E-state index in [1.165, 1.54) is 0 Å². The number of ether oxygens (including phenoxy) is 2. The third-order valence-electron chi connectivity index (χ3n) is 2.95. The van der Waals surface area contributed by atoms with Gasteiger partial charge in [0.05, 0.1) is 18.2 Å². The van der Waals surface area contributed by atoms with Crippen molar-refractivity contribution in [1.29, 1.82) is 0 Å². The van der Waals surface area contributed by atoms with Crippen LogP contribution in [-0.2, 0) is 13.1 Å². The van der Waals surface area contributed by atoms with Gasteiger partial charge in [0.15, 0.2) is 11.5 Å². The average molecular weight is 351 g/mol. The van der Waals surface area contributed by atoms with E-state index < -0.39 is 0 Å². The molecule has 0 saturated carbocycles. The van der Waals surface area contributed by atoms with E-state index >= 15 is 0 Å². The van der Waals surface area contributed by atoms with Crippen LogP contribution in [0.25, 0.3) is 0 Å². The molecule has 0 aliphatic carbocycles. The largest absolute Gasteiger partial charge is 0.492 e.